The first-order chi connectivity index (χ1) is 9.79. The Balaban J connectivity index is 1.59. The SMILES string of the molecule is Nc1ccc2c(c1)CN(Cc1csc3ccccc13)C2. The maximum Gasteiger partial charge on any atom is 0.0346 e. The number of thiophene rings is 1. The number of rotatable bonds is 2. The summed E-state index contributed by atoms with van der Waals surface area (Å²) in [6.07, 6.45) is 0. The average molecular weight is 280 g/mol. The fourth-order valence-corrected chi connectivity index (χ4v) is 3.95. The molecule has 3 aromatic rings. The van der Waals surface area contributed by atoms with Crippen molar-refractivity contribution in [2.24, 2.45) is 0 Å². The van der Waals surface area contributed by atoms with E-state index in [1.807, 2.05) is 17.4 Å². The monoisotopic (exact) mass is 280 g/mol. The minimum absolute atomic E-state index is 0.867. The summed E-state index contributed by atoms with van der Waals surface area (Å²) in [5.74, 6) is 0. The van der Waals surface area contributed by atoms with Gasteiger partial charge < -0.3 is 5.73 Å². The summed E-state index contributed by atoms with van der Waals surface area (Å²) in [4.78, 5) is 2.48. The number of anilines is 1. The van der Waals surface area contributed by atoms with Crippen molar-refractivity contribution in [3.05, 3.63) is 64.5 Å². The first-order valence-electron chi connectivity index (χ1n) is 6.84. The van der Waals surface area contributed by atoms with Gasteiger partial charge in [0.05, 0.1) is 0 Å². The molecule has 0 aliphatic carbocycles. The highest BCUT2D eigenvalue weighted by Gasteiger charge is 2.19. The van der Waals surface area contributed by atoms with Crippen molar-refractivity contribution in [3.63, 3.8) is 0 Å². The molecule has 0 atom stereocenters. The van der Waals surface area contributed by atoms with Gasteiger partial charge in [0.2, 0.25) is 0 Å². The van der Waals surface area contributed by atoms with Crippen molar-refractivity contribution < 1.29 is 0 Å². The van der Waals surface area contributed by atoms with Gasteiger partial charge in [0.1, 0.15) is 0 Å². The highest BCUT2D eigenvalue weighted by atomic mass is 32.1. The molecule has 2 heterocycles. The lowest BCUT2D eigenvalue weighted by Crippen LogP contribution is -2.15. The van der Waals surface area contributed by atoms with Gasteiger partial charge in [-0.3, -0.25) is 4.90 Å². The fourth-order valence-electron chi connectivity index (χ4n) is 2.99. The second-order valence-corrected chi connectivity index (χ2v) is 6.34. The fraction of sp³-hybridized carbons (Fsp3) is 0.176. The molecule has 4 rings (SSSR count). The van der Waals surface area contributed by atoms with Crippen molar-refractivity contribution in [1.82, 2.24) is 4.90 Å². The third kappa shape index (κ3) is 1.99. The van der Waals surface area contributed by atoms with E-state index in [1.54, 1.807) is 0 Å². The number of nitrogens with two attached hydrogens (primary N) is 1. The maximum atomic E-state index is 5.87. The Labute approximate surface area is 122 Å². The molecule has 0 spiro atoms. The number of fused-ring (bicyclic) bond motifs is 2. The molecule has 1 aliphatic heterocycles. The number of hydrogen-bond donors (Lipinski definition) is 1. The van der Waals surface area contributed by atoms with Gasteiger partial charge in [-0.05, 0) is 45.7 Å². The quantitative estimate of drug-likeness (QED) is 0.719. The van der Waals surface area contributed by atoms with Crippen LogP contribution in [0.25, 0.3) is 10.1 Å². The molecule has 0 unspecified atom stereocenters. The zero-order valence-corrected chi connectivity index (χ0v) is 12.0. The Bertz CT molecular complexity index is 776. The third-order valence-electron chi connectivity index (χ3n) is 3.97. The Kier molecular flexibility index (Phi) is 2.76. The molecule has 0 amide bonds. The molecule has 0 radical (unpaired) electrons. The number of hydrogen-bond acceptors (Lipinski definition) is 3. The molecule has 1 aliphatic rings. The van der Waals surface area contributed by atoms with Crippen molar-refractivity contribution in [3.8, 4) is 0 Å². The Morgan fingerprint density at radius 3 is 2.85 bits per heavy atom. The predicted octanol–water partition coefficient (Wildman–Crippen LogP) is 4.00. The van der Waals surface area contributed by atoms with Gasteiger partial charge in [0.25, 0.3) is 0 Å². The lowest BCUT2D eigenvalue weighted by Gasteiger charge is -2.14. The van der Waals surface area contributed by atoms with E-state index in [-0.39, 0.29) is 0 Å². The lowest BCUT2D eigenvalue weighted by molar-refractivity contribution is 0.277. The Morgan fingerprint density at radius 1 is 1.05 bits per heavy atom. The van der Waals surface area contributed by atoms with Crippen LogP contribution in [0.3, 0.4) is 0 Å². The van der Waals surface area contributed by atoms with Crippen LogP contribution in [0.5, 0.6) is 0 Å². The second kappa shape index (κ2) is 4.62. The second-order valence-electron chi connectivity index (χ2n) is 5.43. The van der Waals surface area contributed by atoms with E-state index in [0.29, 0.717) is 0 Å². The van der Waals surface area contributed by atoms with Crippen LogP contribution in [0.15, 0.2) is 47.8 Å². The summed E-state index contributed by atoms with van der Waals surface area (Å²) in [5, 5.41) is 3.69. The minimum Gasteiger partial charge on any atom is -0.399 e. The van der Waals surface area contributed by atoms with Crippen LogP contribution in [0.4, 0.5) is 5.69 Å². The summed E-state index contributed by atoms with van der Waals surface area (Å²) in [5.41, 5.74) is 11.0. The Morgan fingerprint density at radius 2 is 1.90 bits per heavy atom. The highest BCUT2D eigenvalue weighted by molar-refractivity contribution is 7.17. The molecule has 3 heteroatoms. The van der Waals surface area contributed by atoms with Crippen LogP contribution in [0.2, 0.25) is 0 Å². The van der Waals surface area contributed by atoms with Crippen LogP contribution >= 0.6 is 11.3 Å². The van der Waals surface area contributed by atoms with E-state index in [9.17, 15) is 0 Å². The number of nitrogens with zero attached hydrogens (tertiary/aromatic N) is 1. The summed E-state index contributed by atoms with van der Waals surface area (Å²) >= 11 is 1.84. The van der Waals surface area contributed by atoms with Crippen molar-refractivity contribution in [1.29, 1.82) is 0 Å². The summed E-state index contributed by atoms with van der Waals surface area (Å²) in [7, 11) is 0. The standard InChI is InChI=1S/C17H16N2S/c18-15-6-5-12-8-19(9-13(12)7-15)10-14-11-20-17-4-2-1-3-16(14)17/h1-7,11H,8-10,18H2. The van der Waals surface area contributed by atoms with Gasteiger partial charge in [0.15, 0.2) is 0 Å². The van der Waals surface area contributed by atoms with Crippen LogP contribution in [-0.2, 0) is 19.6 Å². The lowest BCUT2D eigenvalue weighted by atomic mass is 10.1. The van der Waals surface area contributed by atoms with E-state index in [0.717, 1.165) is 25.3 Å². The Hall–Kier alpha value is -1.84. The molecule has 2 N–H and O–H groups in total. The molecule has 0 saturated heterocycles. The molecular weight excluding hydrogens is 264 g/mol. The maximum absolute atomic E-state index is 5.87. The molecule has 0 fully saturated rings. The summed E-state index contributed by atoms with van der Waals surface area (Å²) < 4.78 is 1.38. The van der Waals surface area contributed by atoms with Crippen molar-refractivity contribution >= 4 is 27.1 Å². The van der Waals surface area contributed by atoms with E-state index in [2.05, 4.69) is 46.7 Å². The first kappa shape index (κ1) is 11.9. The van der Waals surface area contributed by atoms with Crippen molar-refractivity contribution in [2.75, 3.05) is 5.73 Å². The average Bonchev–Trinajstić information content (AvgIpc) is 3.03. The zero-order chi connectivity index (χ0) is 13.5. The summed E-state index contributed by atoms with van der Waals surface area (Å²) in [6, 6.07) is 14.9. The minimum atomic E-state index is 0.867. The van der Waals surface area contributed by atoms with E-state index < -0.39 is 0 Å². The van der Waals surface area contributed by atoms with Crippen LogP contribution in [0.1, 0.15) is 16.7 Å². The van der Waals surface area contributed by atoms with Gasteiger partial charge in [-0.15, -0.1) is 11.3 Å². The largest absolute Gasteiger partial charge is 0.399 e. The number of nitrogen functional groups attached to an aromatic ring is 1. The number of benzene rings is 2. The van der Waals surface area contributed by atoms with E-state index >= 15 is 0 Å². The highest BCUT2D eigenvalue weighted by Crippen LogP contribution is 2.30. The summed E-state index contributed by atoms with van der Waals surface area (Å²) in [6.45, 7) is 3.04. The predicted molar refractivity (Wildman–Crippen MR) is 85.6 cm³/mol. The molecule has 1 aromatic heterocycles. The van der Waals surface area contributed by atoms with Gasteiger partial charge in [-0.2, -0.15) is 0 Å². The molecule has 2 aromatic carbocycles. The van der Waals surface area contributed by atoms with Crippen molar-refractivity contribution in [2.45, 2.75) is 19.6 Å². The van der Waals surface area contributed by atoms with E-state index in [4.69, 9.17) is 5.73 Å². The zero-order valence-electron chi connectivity index (χ0n) is 11.2. The van der Waals surface area contributed by atoms with Crippen LogP contribution in [-0.4, -0.2) is 4.90 Å². The van der Waals surface area contributed by atoms with E-state index in [1.165, 1.54) is 26.8 Å². The normalized spacial score (nSPS) is 14.8. The van der Waals surface area contributed by atoms with Crippen LogP contribution in [0, 0.1) is 0 Å². The van der Waals surface area contributed by atoms with Crippen LogP contribution < -0.4 is 5.73 Å². The van der Waals surface area contributed by atoms with Gasteiger partial charge in [-0.1, -0.05) is 24.3 Å². The molecular formula is C17H16N2S. The third-order valence-corrected chi connectivity index (χ3v) is 4.99. The first-order valence-corrected chi connectivity index (χ1v) is 7.72. The molecule has 0 bridgehead atoms. The topological polar surface area (TPSA) is 29.3 Å². The molecule has 20 heavy (non-hydrogen) atoms. The van der Waals surface area contributed by atoms with Gasteiger partial charge >= 0.3 is 0 Å². The van der Waals surface area contributed by atoms with Gasteiger partial charge in [0, 0.05) is 30.0 Å². The molecule has 100 valence electrons. The molecule has 0 saturated carbocycles. The smallest absolute Gasteiger partial charge is 0.0346 e. The van der Waals surface area contributed by atoms with Gasteiger partial charge in [-0.25, -0.2) is 0 Å². The molecule has 2 nitrogen and oxygen atoms in total.